The van der Waals surface area contributed by atoms with E-state index in [0.29, 0.717) is 12.4 Å². The van der Waals surface area contributed by atoms with E-state index in [1.54, 1.807) is 24.2 Å². The Kier molecular flexibility index (Phi) is 5.99. The number of benzene rings is 2. The number of hydrogen-bond donors (Lipinski definition) is 0. The quantitative estimate of drug-likeness (QED) is 0.310. The fourth-order valence-corrected chi connectivity index (χ4v) is 4.43. The number of thioether (sulfide) groups is 1. The zero-order chi connectivity index (χ0) is 22.6. The Hall–Kier alpha value is -3.78. The van der Waals surface area contributed by atoms with Gasteiger partial charge >= 0.3 is 0 Å². The SMILES string of the molecule is CCOc1ccc(-n2c(SCc3nc(C)c4ccccc4n3)nnc2-c2cccnc2)cc1. The lowest BCUT2D eigenvalue weighted by atomic mass is 10.2. The highest BCUT2D eigenvalue weighted by atomic mass is 32.2. The Labute approximate surface area is 195 Å². The summed E-state index contributed by atoms with van der Waals surface area (Å²) in [5.41, 5.74) is 3.76. The molecule has 0 saturated heterocycles. The third-order valence-electron chi connectivity index (χ3n) is 5.13. The van der Waals surface area contributed by atoms with Crippen LogP contribution in [0.25, 0.3) is 28.0 Å². The molecule has 0 N–H and O–H groups in total. The summed E-state index contributed by atoms with van der Waals surface area (Å²) in [6, 6.07) is 19.9. The van der Waals surface area contributed by atoms with Gasteiger partial charge in [-0.2, -0.15) is 0 Å². The van der Waals surface area contributed by atoms with Crippen molar-refractivity contribution in [1.29, 1.82) is 0 Å². The molecule has 33 heavy (non-hydrogen) atoms. The molecule has 0 amide bonds. The maximum absolute atomic E-state index is 5.60. The van der Waals surface area contributed by atoms with Gasteiger partial charge in [0.05, 0.1) is 17.9 Å². The first-order chi connectivity index (χ1) is 16.2. The Morgan fingerprint density at radius 3 is 2.58 bits per heavy atom. The van der Waals surface area contributed by atoms with Gasteiger partial charge in [0.25, 0.3) is 0 Å². The molecule has 0 saturated carbocycles. The molecule has 0 radical (unpaired) electrons. The highest BCUT2D eigenvalue weighted by Crippen LogP contribution is 2.30. The molecule has 8 heteroatoms. The van der Waals surface area contributed by atoms with Gasteiger partial charge < -0.3 is 4.74 Å². The summed E-state index contributed by atoms with van der Waals surface area (Å²) in [6.45, 7) is 4.61. The molecule has 5 rings (SSSR count). The van der Waals surface area contributed by atoms with Crippen LogP contribution in [0, 0.1) is 6.92 Å². The molecule has 0 aliphatic rings. The van der Waals surface area contributed by atoms with Gasteiger partial charge in [-0.25, -0.2) is 9.97 Å². The Bertz CT molecular complexity index is 1390. The van der Waals surface area contributed by atoms with E-state index >= 15 is 0 Å². The first kappa shape index (κ1) is 21.1. The third kappa shape index (κ3) is 4.42. The average Bonchev–Trinajstić information content (AvgIpc) is 3.28. The van der Waals surface area contributed by atoms with E-state index in [1.807, 2.05) is 79.1 Å². The lowest BCUT2D eigenvalue weighted by Crippen LogP contribution is -2.02. The topological polar surface area (TPSA) is 78.6 Å². The molecule has 0 unspecified atom stereocenters. The molecule has 164 valence electrons. The van der Waals surface area contributed by atoms with Crippen molar-refractivity contribution < 1.29 is 4.74 Å². The zero-order valence-electron chi connectivity index (χ0n) is 18.3. The molecule has 0 aliphatic carbocycles. The number of aromatic nitrogens is 6. The second kappa shape index (κ2) is 9.38. The molecular weight excluding hydrogens is 432 g/mol. The smallest absolute Gasteiger partial charge is 0.196 e. The fraction of sp³-hybridized carbons (Fsp3) is 0.160. The van der Waals surface area contributed by atoms with Gasteiger partial charge in [-0.15, -0.1) is 10.2 Å². The van der Waals surface area contributed by atoms with Crippen LogP contribution in [0.2, 0.25) is 0 Å². The molecule has 0 spiro atoms. The standard InChI is InChI=1S/C25H22N6OS/c1-3-32-20-12-10-19(11-13-20)31-24(18-7-6-14-26-15-18)29-30-25(31)33-16-23-27-17(2)21-8-4-5-9-22(21)28-23/h4-15H,3,16H2,1-2H3. The van der Waals surface area contributed by atoms with Crippen LogP contribution in [0.4, 0.5) is 0 Å². The minimum Gasteiger partial charge on any atom is -0.494 e. The first-order valence-corrected chi connectivity index (χ1v) is 11.7. The van der Waals surface area contributed by atoms with Crippen molar-refractivity contribution in [2.24, 2.45) is 0 Å². The van der Waals surface area contributed by atoms with Crippen molar-refractivity contribution in [2.45, 2.75) is 24.8 Å². The molecule has 0 bridgehead atoms. The summed E-state index contributed by atoms with van der Waals surface area (Å²) >= 11 is 1.55. The minimum atomic E-state index is 0.577. The molecule has 0 fully saturated rings. The van der Waals surface area contributed by atoms with Crippen LogP contribution in [0.5, 0.6) is 5.75 Å². The maximum atomic E-state index is 5.60. The van der Waals surface area contributed by atoms with Gasteiger partial charge in [0, 0.05) is 34.7 Å². The van der Waals surface area contributed by atoms with Gasteiger partial charge in [-0.1, -0.05) is 30.0 Å². The van der Waals surface area contributed by atoms with E-state index in [-0.39, 0.29) is 0 Å². The second-order valence-electron chi connectivity index (χ2n) is 7.34. The van der Waals surface area contributed by atoms with Crippen LogP contribution in [0.1, 0.15) is 18.4 Å². The fourth-order valence-electron chi connectivity index (χ4n) is 3.62. The number of aryl methyl sites for hydroxylation is 1. The summed E-state index contributed by atoms with van der Waals surface area (Å²) in [5, 5.41) is 10.8. The molecule has 5 aromatic rings. The predicted octanol–water partition coefficient (Wildman–Crippen LogP) is 5.27. The van der Waals surface area contributed by atoms with E-state index in [1.165, 1.54) is 0 Å². The molecule has 3 aromatic heterocycles. The molecule has 7 nitrogen and oxygen atoms in total. The Morgan fingerprint density at radius 1 is 0.939 bits per heavy atom. The molecule has 0 aliphatic heterocycles. The normalized spacial score (nSPS) is 11.1. The lowest BCUT2D eigenvalue weighted by Gasteiger charge is -2.11. The van der Waals surface area contributed by atoms with Crippen molar-refractivity contribution in [3.8, 4) is 22.8 Å². The van der Waals surface area contributed by atoms with Crippen LogP contribution in [-0.4, -0.2) is 36.3 Å². The van der Waals surface area contributed by atoms with E-state index in [0.717, 1.165) is 50.4 Å². The number of pyridine rings is 1. The Balaban J connectivity index is 1.50. The van der Waals surface area contributed by atoms with Crippen molar-refractivity contribution in [2.75, 3.05) is 6.61 Å². The van der Waals surface area contributed by atoms with Crippen LogP contribution in [-0.2, 0) is 5.75 Å². The summed E-state index contributed by atoms with van der Waals surface area (Å²) in [5.74, 6) is 2.89. The number of hydrogen-bond acceptors (Lipinski definition) is 7. The largest absolute Gasteiger partial charge is 0.494 e. The summed E-state index contributed by atoms with van der Waals surface area (Å²) in [4.78, 5) is 13.7. The summed E-state index contributed by atoms with van der Waals surface area (Å²) in [6.07, 6.45) is 3.54. The summed E-state index contributed by atoms with van der Waals surface area (Å²) in [7, 11) is 0. The zero-order valence-corrected chi connectivity index (χ0v) is 19.2. The van der Waals surface area contributed by atoms with Gasteiger partial charge in [0.2, 0.25) is 0 Å². The molecular formula is C25H22N6OS. The number of ether oxygens (including phenoxy) is 1. The third-order valence-corrected chi connectivity index (χ3v) is 6.05. The number of nitrogens with zero attached hydrogens (tertiary/aromatic N) is 6. The van der Waals surface area contributed by atoms with Gasteiger partial charge in [-0.3, -0.25) is 9.55 Å². The van der Waals surface area contributed by atoms with Crippen LogP contribution < -0.4 is 4.74 Å². The van der Waals surface area contributed by atoms with E-state index in [9.17, 15) is 0 Å². The summed E-state index contributed by atoms with van der Waals surface area (Å²) < 4.78 is 7.64. The van der Waals surface area contributed by atoms with E-state index < -0.39 is 0 Å². The van der Waals surface area contributed by atoms with Gasteiger partial charge in [-0.05, 0) is 56.3 Å². The van der Waals surface area contributed by atoms with E-state index in [2.05, 4.69) is 15.2 Å². The highest BCUT2D eigenvalue weighted by molar-refractivity contribution is 7.98. The predicted molar refractivity (Wildman–Crippen MR) is 130 cm³/mol. The number of para-hydroxylation sites is 1. The van der Waals surface area contributed by atoms with Crippen molar-refractivity contribution >= 4 is 22.7 Å². The number of rotatable bonds is 7. The second-order valence-corrected chi connectivity index (χ2v) is 8.28. The maximum Gasteiger partial charge on any atom is 0.196 e. The van der Waals surface area contributed by atoms with E-state index in [4.69, 9.17) is 14.7 Å². The van der Waals surface area contributed by atoms with Crippen LogP contribution >= 0.6 is 11.8 Å². The highest BCUT2D eigenvalue weighted by Gasteiger charge is 2.17. The first-order valence-electron chi connectivity index (χ1n) is 10.7. The van der Waals surface area contributed by atoms with Crippen molar-refractivity contribution in [3.63, 3.8) is 0 Å². The van der Waals surface area contributed by atoms with Gasteiger partial charge in [0.15, 0.2) is 11.0 Å². The Morgan fingerprint density at radius 2 is 1.79 bits per heavy atom. The molecule has 0 atom stereocenters. The van der Waals surface area contributed by atoms with Crippen LogP contribution in [0.15, 0.2) is 78.2 Å². The monoisotopic (exact) mass is 454 g/mol. The molecule has 3 heterocycles. The van der Waals surface area contributed by atoms with Gasteiger partial charge in [0.1, 0.15) is 11.6 Å². The lowest BCUT2D eigenvalue weighted by molar-refractivity contribution is 0.340. The van der Waals surface area contributed by atoms with Crippen molar-refractivity contribution in [1.82, 2.24) is 29.7 Å². The van der Waals surface area contributed by atoms with Crippen LogP contribution in [0.3, 0.4) is 0 Å². The minimum absolute atomic E-state index is 0.577. The van der Waals surface area contributed by atoms with Crippen molar-refractivity contribution in [3.05, 3.63) is 84.6 Å². The number of fused-ring (bicyclic) bond motifs is 1. The average molecular weight is 455 g/mol. The molecule has 2 aromatic carbocycles.